The molecule has 3 heteroatoms. The summed E-state index contributed by atoms with van der Waals surface area (Å²) >= 11 is 0. The van der Waals surface area contributed by atoms with E-state index in [9.17, 15) is 4.79 Å². The molecule has 0 saturated heterocycles. The summed E-state index contributed by atoms with van der Waals surface area (Å²) in [6.45, 7) is 9.13. The average molecular weight is 358 g/mol. The second-order valence-electron chi connectivity index (χ2n) is 8.90. The van der Waals surface area contributed by atoms with E-state index in [0.717, 1.165) is 23.0 Å². The molecule has 0 bridgehead atoms. The van der Waals surface area contributed by atoms with Crippen LogP contribution in [0.2, 0.25) is 0 Å². The van der Waals surface area contributed by atoms with Crippen LogP contribution in [0, 0.1) is 0 Å². The first-order valence-electron chi connectivity index (χ1n) is 9.57. The molecule has 1 heterocycles. The molecular formula is C24H26N2O. The quantitative estimate of drug-likeness (QED) is 0.625. The summed E-state index contributed by atoms with van der Waals surface area (Å²) in [6.07, 6.45) is 4.01. The molecule has 1 aliphatic rings. The van der Waals surface area contributed by atoms with Gasteiger partial charge in [0.2, 0.25) is 0 Å². The lowest BCUT2D eigenvalue weighted by molar-refractivity contribution is 0.102. The highest BCUT2D eigenvalue weighted by Crippen LogP contribution is 2.45. The summed E-state index contributed by atoms with van der Waals surface area (Å²) in [5.74, 6) is -0.0888. The molecule has 0 aliphatic heterocycles. The fraction of sp³-hybridized carbons (Fsp3) is 0.333. The molecule has 0 saturated carbocycles. The van der Waals surface area contributed by atoms with Crippen LogP contribution in [0.25, 0.3) is 10.9 Å². The number of aromatic nitrogens is 1. The zero-order valence-electron chi connectivity index (χ0n) is 16.5. The molecule has 4 rings (SSSR count). The predicted molar refractivity (Wildman–Crippen MR) is 111 cm³/mol. The van der Waals surface area contributed by atoms with Crippen LogP contribution in [0.3, 0.4) is 0 Å². The van der Waals surface area contributed by atoms with Gasteiger partial charge in [-0.25, -0.2) is 0 Å². The monoisotopic (exact) mass is 358 g/mol. The Morgan fingerprint density at radius 2 is 1.63 bits per heavy atom. The van der Waals surface area contributed by atoms with Crippen LogP contribution in [0.1, 0.15) is 62.0 Å². The first kappa shape index (κ1) is 17.7. The van der Waals surface area contributed by atoms with Crippen LogP contribution in [-0.4, -0.2) is 10.9 Å². The minimum Gasteiger partial charge on any atom is -0.321 e. The summed E-state index contributed by atoms with van der Waals surface area (Å²) in [7, 11) is 0. The first-order chi connectivity index (χ1) is 12.8. The Labute approximate surface area is 160 Å². The predicted octanol–water partition coefficient (Wildman–Crippen LogP) is 5.84. The molecule has 1 aromatic heterocycles. The number of benzene rings is 2. The summed E-state index contributed by atoms with van der Waals surface area (Å²) in [6, 6.07) is 16.0. The number of anilines is 1. The molecule has 0 atom stereocenters. The second kappa shape index (κ2) is 6.19. The molecule has 1 N–H and O–H groups in total. The fourth-order valence-electron chi connectivity index (χ4n) is 4.07. The minimum absolute atomic E-state index is 0.0888. The van der Waals surface area contributed by atoms with Crippen LogP contribution in [0.15, 0.2) is 54.7 Å². The van der Waals surface area contributed by atoms with Crippen molar-refractivity contribution in [3.63, 3.8) is 0 Å². The number of hydrogen-bond donors (Lipinski definition) is 1. The number of hydrogen-bond acceptors (Lipinski definition) is 2. The van der Waals surface area contributed by atoms with Crippen molar-refractivity contribution in [3.05, 3.63) is 71.4 Å². The Morgan fingerprint density at radius 1 is 0.926 bits per heavy atom. The Kier molecular flexibility index (Phi) is 4.06. The third-order valence-electron chi connectivity index (χ3n) is 5.96. The van der Waals surface area contributed by atoms with Crippen molar-refractivity contribution in [2.24, 2.45) is 0 Å². The molecule has 3 aromatic rings. The van der Waals surface area contributed by atoms with Gasteiger partial charge >= 0.3 is 0 Å². The maximum Gasteiger partial charge on any atom is 0.255 e. The number of para-hydroxylation sites is 1. The van der Waals surface area contributed by atoms with Crippen molar-refractivity contribution in [3.8, 4) is 0 Å². The molecule has 1 aliphatic carbocycles. The van der Waals surface area contributed by atoms with Gasteiger partial charge in [-0.1, -0.05) is 52.0 Å². The van der Waals surface area contributed by atoms with Gasteiger partial charge in [-0.15, -0.1) is 0 Å². The van der Waals surface area contributed by atoms with E-state index < -0.39 is 0 Å². The van der Waals surface area contributed by atoms with E-state index in [1.54, 1.807) is 6.20 Å². The zero-order chi connectivity index (χ0) is 19.2. The number of rotatable bonds is 2. The smallest absolute Gasteiger partial charge is 0.255 e. The molecule has 0 radical (unpaired) electrons. The van der Waals surface area contributed by atoms with Gasteiger partial charge in [0.15, 0.2) is 0 Å². The van der Waals surface area contributed by atoms with Crippen LogP contribution in [0.4, 0.5) is 5.69 Å². The topological polar surface area (TPSA) is 42.0 Å². The maximum absolute atomic E-state index is 12.9. The lowest BCUT2D eigenvalue weighted by atomic mass is 9.63. The summed E-state index contributed by atoms with van der Waals surface area (Å²) in [4.78, 5) is 17.3. The van der Waals surface area contributed by atoms with Gasteiger partial charge in [0, 0.05) is 10.9 Å². The van der Waals surface area contributed by atoms with E-state index in [0.29, 0.717) is 5.56 Å². The van der Waals surface area contributed by atoms with Crippen molar-refractivity contribution in [2.75, 3.05) is 5.32 Å². The first-order valence-corrected chi connectivity index (χ1v) is 9.57. The van der Waals surface area contributed by atoms with Crippen LogP contribution in [0.5, 0.6) is 0 Å². The average Bonchev–Trinajstić information content (AvgIpc) is 2.65. The third-order valence-corrected chi connectivity index (χ3v) is 5.96. The number of nitrogens with one attached hydrogen (secondary N) is 1. The maximum atomic E-state index is 12.9. The molecule has 27 heavy (non-hydrogen) atoms. The molecular weight excluding hydrogens is 332 g/mol. The van der Waals surface area contributed by atoms with E-state index in [1.807, 2.05) is 36.4 Å². The van der Waals surface area contributed by atoms with Crippen molar-refractivity contribution in [1.29, 1.82) is 0 Å². The van der Waals surface area contributed by atoms with Gasteiger partial charge in [0.05, 0.1) is 17.4 Å². The van der Waals surface area contributed by atoms with E-state index >= 15 is 0 Å². The highest BCUT2D eigenvalue weighted by molar-refractivity contribution is 6.05. The van der Waals surface area contributed by atoms with E-state index in [1.165, 1.54) is 17.5 Å². The van der Waals surface area contributed by atoms with Crippen molar-refractivity contribution >= 4 is 22.5 Å². The van der Waals surface area contributed by atoms with E-state index in [4.69, 9.17) is 0 Å². The molecule has 3 nitrogen and oxygen atoms in total. The van der Waals surface area contributed by atoms with E-state index in [-0.39, 0.29) is 16.7 Å². The van der Waals surface area contributed by atoms with Crippen molar-refractivity contribution in [1.82, 2.24) is 4.98 Å². The Morgan fingerprint density at radius 3 is 2.41 bits per heavy atom. The summed E-state index contributed by atoms with van der Waals surface area (Å²) in [5, 5.41) is 4.02. The SMILES string of the molecule is CC1(C)CCC(C)(C)c2cc(C(=O)Nc3cnc4ccccc4c3)ccc21. The number of fused-ring (bicyclic) bond motifs is 2. The van der Waals surface area contributed by atoms with E-state index in [2.05, 4.69) is 50.1 Å². The number of amides is 1. The highest BCUT2D eigenvalue weighted by Gasteiger charge is 2.37. The molecule has 1 amide bonds. The zero-order valence-corrected chi connectivity index (χ0v) is 16.5. The number of carbonyl (C=O) groups is 1. The highest BCUT2D eigenvalue weighted by atomic mass is 16.1. The molecule has 2 aromatic carbocycles. The standard InChI is InChI=1S/C24H26N2O/c1-23(2)11-12-24(3,4)20-14-17(9-10-19(20)23)22(27)26-18-13-16-7-5-6-8-21(16)25-15-18/h5-10,13-15H,11-12H2,1-4H3,(H,26,27). The van der Waals surface area contributed by atoms with Crippen LogP contribution >= 0.6 is 0 Å². The van der Waals surface area contributed by atoms with Gasteiger partial charge in [0.25, 0.3) is 5.91 Å². The normalized spacial score (nSPS) is 17.3. The third kappa shape index (κ3) is 3.23. The second-order valence-corrected chi connectivity index (χ2v) is 8.90. The molecule has 0 fully saturated rings. The van der Waals surface area contributed by atoms with Gasteiger partial charge in [-0.05, 0) is 59.1 Å². The van der Waals surface area contributed by atoms with Crippen molar-refractivity contribution < 1.29 is 4.79 Å². The van der Waals surface area contributed by atoms with Crippen molar-refractivity contribution in [2.45, 2.75) is 51.4 Å². The Bertz CT molecular complexity index is 1030. The fourth-order valence-corrected chi connectivity index (χ4v) is 4.07. The Balaban J connectivity index is 1.66. The van der Waals surface area contributed by atoms with Gasteiger partial charge in [0.1, 0.15) is 0 Å². The molecule has 138 valence electrons. The summed E-state index contributed by atoms with van der Waals surface area (Å²) < 4.78 is 0. The minimum atomic E-state index is -0.0888. The van der Waals surface area contributed by atoms with Gasteiger partial charge in [-0.3, -0.25) is 9.78 Å². The Hall–Kier alpha value is -2.68. The van der Waals surface area contributed by atoms with Gasteiger partial charge in [-0.2, -0.15) is 0 Å². The van der Waals surface area contributed by atoms with Gasteiger partial charge < -0.3 is 5.32 Å². The lowest BCUT2D eigenvalue weighted by Gasteiger charge is -2.42. The number of nitrogens with zero attached hydrogens (tertiary/aromatic N) is 1. The number of carbonyl (C=O) groups excluding carboxylic acids is 1. The molecule has 0 spiro atoms. The molecule has 0 unspecified atom stereocenters. The number of pyridine rings is 1. The largest absolute Gasteiger partial charge is 0.321 e. The van der Waals surface area contributed by atoms with Crippen LogP contribution in [-0.2, 0) is 10.8 Å². The summed E-state index contributed by atoms with van der Waals surface area (Å²) in [5.41, 5.74) is 5.25. The lowest BCUT2D eigenvalue weighted by Crippen LogP contribution is -2.34. The van der Waals surface area contributed by atoms with Crippen LogP contribution < -0.4 is 5.32 Å².